The molecular formula is C16H26ClIN4. The molecule has 1 heterocycles. The molecule has 0 amide bonds. The Kier molecular flexibility index (Phi) is 9.12. The van der Waals surface area contributed by atoms with E-state index in [0.717, 1.165) is 35.6 Å². The van der Waals surface area contributed by atoms with Crippen molar-refractivity contribution in [3.8, 4) is 0 Å². The summed E-state index contributed by atoms with van der Waals surface area (Å²) in [5.74, 6) is 1.60. The third-order valence-electron chi connectivity index (χ3n) is 3.97. The maximum Gasteiger partial charge on any atom is 0.191 e. The van der Waals surface area contributed by atoms with Crippen LogP contribution in [0.25, 0.3) is 0 Å². The van der Waals surface area contributed by atoms with Crippen LogP contribution in [0.2, 0.25) is 5.02 Å². The van der Waals surface area contributed by atoms with Gasteiger partial charge in [0, 0.05) is 25.2 Å². The number of benzene rings is 1. The van der Waals surface area contributed by atoms with Gasteiger partial charge in [-0.25, -0.2) is 0 Å². The topological polar surface area (TPSA) is 39.7 Å². The van der Waals surface area contributed by atoms with Crippen LogP contribution in [0, 0.1) is 5.92 Å². The molecule has 0 unspecified atom stereocenters. The molecule has 2 N–H and O–H groups in total. The molecule has 4 nitrogen and oxygen atoms in total. The average Bonchev–Trinajstić information content (AvgIpc) is 2.49. The maximum absolute atomic E-state index is 5.99. The highest BCUT2D eigenvalue weighted by Crippen LogP contribution is 2.14. The summed E-state index contributed by atoms with van der Waals surface area (Å²) in [4.78, 5) is 6.67. The van der Waals surface area contributed by atoms with E-state index in [1.807, 2.05) is 25.2 Å². The summed E-state index contributed by atoms with van der Waals surface area (Å²) in [5, 5.41) is 7.52. The number of halogens is 2. The summed E-state index contributed by atoms with van der Waals surface area (Å²) in [6, 6.07) is 7.88. The lowest BCUT2D eigenvalue weighted by Crippen LogP contribution is -2.41. The van der Waals surface area contributed by atoms with E-state index >= 15 is 0 Å². The van der Waals surface area contributed by atoms with Gasteiger partial charge in [-0.1, -0.05) is 23.7 Å². The van der Waals surface area contributed by atoms with Gasteiger partial charge in [0.15, 0.2) is 5.96 Å². The van der Waals surface area contributed by atoms with E-state index in [-0.39, 0.29) is 24.0 Å². The van der Waals surface area contributed by atoms with E-state index in [1.165, 1.54) is 25.9 Å². The zero-order chi connectivity index (χ0) is 15.1. The van der Waals surface area contributed by atoms with E-state index < -0.39 is 0 Å². The van der Waals surface area contributed by atoms with Crippen molar-refractivity contribution in [2.75, 3.05) is 33.7 Å². The molecule has 1 fully saturated rings. The van der Waals surface area contributed by atoms with Crippen molar-refractivity contribution in [1.29, 1.82) is 0 Å². The van der Waals surface area contributed by atoms with Crippen molar-refractivity contribution in [2.24, 2.45) is 10.9 Å². The molecule has 0 saturated carbocycles. The number of aliphatic imine (C=N–C) groups is 1. The Labute approximate surface area is 155 Å². The van der Waals surface area contributed by atoms with Crippen LogP contribution in [0.15, 0.2) is 29.3 Å². The quantitative estimate of drug-likeness (QED) is 0.433. The van der Waals surface area contributed by atoms with Crippen molar-refractivity contribution >= 4 is 41.5 Å². The first-order valence-corrected chi connectivity index (χ1v) is 7.92. The lowest BCUT2D eigenvalue weighted by atomic mass is 9.97. The highest BCUT2D eigenvalue weighted by molar-refractivity contribution is 14.0. The highest BCUT2D eigenvalue weighted by atomic mass is 127. The lowest BCUT2D eigenvalue weighted by Gasteiger charge is -2.29. The fraction of sp³-hybridized carbons (Fsp3) is 0.562. The molecule has 1 aliphatic rings. The first kappa shape index (κ1) is 19.5. The summed E-state index contributed by atoms with van der Waals surface area (Å²) < 4.78 is 0. The van der Waals surface area contributed by atoms with Gasteiger partial charge in [-0.15, -0.1) is 24.0 Å². The second-order valence-electron chi connectivity index (χ2n) is 5.68. The molecule has 0 aliphatic carbocycles. The number of hydrogen-bond donors (Lipinski definition) is 2. The molecular weight excluding hydrogens is 411 g/mol. The Morgan fingerprint density at radius 1 is 1.32 bits per heavy atom. The minimum atomic E-state index is 0. The van der Waals surface area contributed by atoms with E-state index in [9.17, 15) is 0 Å². The SMILES string of the molecule is CN=C(NCc1cccc(Cl)c1)NCC1CCN(C)CC1.I. The Hall–Kier alpha value is -0.530. The van der Waals surface area contributed by atoms with Gasteiger partial charge in [0.1, 0.15) is 0 Å². The molecule has 1 aromatic rings. The summed E-state index contributed by atoms with van der Waals surface area (Å²) in [6.07, 6.45) is 2.52. The zero-order valence-corrected chi connectivity index (χ0v) is 16.4. The number of piperidine rings is 1. The van der Waals surface area contributed by atoms with E-state index in [1.54, 1.807) is 0 Å². The van der Waals surface area contributed by atoms with Crippen molar-refractivity contribution < 1.29 is 0 Å². The van der Waals surface area contributed by atoms with Gasteiger partial charge in [-0.3, -0.25) is 4.99 Å². The fourth-order valence-electron chi connectivity index (χ4n) is 2.56. The van der Waals surface area contributed by atoms with Crippen LogP contribution in [-0.4, -0.2) is 44.6 Å². The van der Waals surface area contributed by atoms with Crippen LogP contribution < -0.4 is 10.6 Å². The summed E-state index contributed by atoms with van der Waals surface area (Å²) in [7, 11) is 4.00. The van der Waals surface area contributed by atoms with Gasteiger partial charge < -0.3 is 15.5 Å². The summed E-state index contributed by atoms with van der Waals surface area (Å²) in [5.41, 5.74) is 1.16. The van der Waals surface area contributed by atoms with E-state index in [4.69, 9.17) is 11.6 Å². The number of nitrogens with zero attached hydrogens (tertiary/aromatic N) is 2. The second-order valence-corrected chi connectivity index (χ2v) is 6.12. The molecule has 1 aliphatic heterocycles. The number of hydrogen-bond acceptors (Lipinski definition) is 2. The Morgan fingerprint density at radius 3 is 2.68 bits per heavy atom. The third-order valence-corrected chi connectivity index (χ3v) is 4.20. The van der Waals surface area contributed by atoms with Crippen LogP contribution >= 0.6 is 35.6 Å². The third kappa shape index (κ3) is 6.71. The Morgan fingerprint density at radius 2 is 2.05 bits per heavy atom. The number of guanidine groups is 1. The van der Waals surface area contributed by atoms with Crippen molar-refractivity contribution in [3.63, 3.8) is 0 Å². The molecule has 6 heteroatoms. The maximum atomic E-state index is 5.99. The lowest BCUT2D eigenvalue weighted by molar-refractivity contribution is 0.220. The van der Waals surface area contributed by atoms with Gasteiger partial charge >= 0.3 is 0 Å². The normalized spacial score (nSPS) is 17.0. The molecule has 1 aromatic carbocycles. The second kappa shape index (κ2) is 10.3. The first-order chi connectivity index (χ1) is 10.2. The van der Waals surface area contributed by atoms with Crippen LogP contribution in [0.4, 0.5) is 0 Å². The van der Waals surface area contributed by atoms with Crippen LogP contribution in [-0.2, 0) is 6.54 Å². The Bertz CT molecular complexity index is 473. The molecule has 0 aromatic heterocycles. The smallest absolute Gasteiger partial charge is 0.191 e. The van der Waals surface area contributed by atoms with Gasteiger partial charge in [-0.05, 0) is 56.6 Å². The van der Waals surface area contributed by atoms with Gasteiger partial charge in [0.05, 0.1) is 0 Å². The number of likely N-dealkylation sites (tertiary alicyclic amines) is 1. The fourth-order valence-corrected chi connectivity index (χ4v) is 2.77. The van der Waals surface area contributed by atoms with Crippen LogP contribution in [0.1, 0.15) is 18.4 Å². The van der Waals surface area contributed by atoms with Gasteiger partial charge in [-0.2, -0.15) is 0 Å². The summed E-state index contributed by atoms with van der Waals surface area (Å²) >= 11 is 5.99. The van der Waals surface area contributed by atoms with Crippen LogP contribution in [0.3, 0.4) is 0 Å². The van der Waals surface area contributed by atoms with E-state index in [0.29, 0.717) is 0 Å². The molecule has 0 atom stereocenters. The standard InChI is InChI=1S/C16H25ClN4.HI/c1-18-16(19-11-13-6-8-21(2)9-7-13)20-12-14-4-3-5-15(17)10-14;/h3-5,10,13H,6-9,11-12H2,1-2H3,(H2,18,19,20);1H. The van der Waals surface area contributed by atoms with Gasteiger partial charge in [0.2, 0.25) is 0 Å². The molecule has 0 spiro atoms. The minimum Gasteiger partial charge on any atom is -0.356 e. The van der Waals surface area contributed by atoms with Gasteiger partial charge in [0.25, 0.3) is 0 Å². The molecule has 0 radical (unpaired) electrons. The highest BCUT2D eigenvalue weighted by Gasteiger charge is 2.16. The van der Waals surface area contributed by atoms with Crippen LogP contribution in [0.5, 0.6) is 0 Å². The predicted molar refractivity (Wildman–Crippen MR) is 105 cm³/mol. The van der Waals surface area contributed by atoms with Crippen molar-refractivity contribution in [2.45, 2.75) is 19.4 Å². The number of nitrogens with one attached hydrogen (secondary N) is 2. The largest absolute Gasteiger partial charge is 0.356 e. The zero-order valence-electron chi connectivity index (χ0n) is 13.3. The average molecular weight is 437 g/mol. The summed E-state index contributed by atoms with van der Waals surface area (Å²) in [6.45, 7) is 4.11. The molecule has 22 heavy (non-hydrogen) atoms. The Balaban J connectivity index is 0.00000242. The monoisotopic (exact) mass is 436 g/mol. The molecule has 2 rings (SSSR count). The van der Waals surface area contributed by atoms with Crippen molar-refractivity contribution in [3.05, 3.63) is 34.9 Å². The minimum absolute atomic E-state index is 0. The van der Waals surface area contributed by atoms with E-state index in [2.05, 4.69) is 33.6 Å². The van der Waals surface area contributed by atoms with Crippen molar-refractivity contribution in [1.82, 2.24) is 15.5 Å². The molecule has 124 valence electrons. The number of rotatable bonds is 4. The molecule has 1 saturated heterocycles. The molecule has 0 bridgehead atoms. The first-order valence-electron chi connectivity index (χ1n) is 7.55. The predicted octanol–water partition coefficient (Wildman–Crippen LogP) is 2.96.